The van der Waals surface area contributed by atoms with E-state index in [0.717, 1.165) is 42.4 Å². The van der Waals surface area contributed by atoms with Crippen LogP contribution < -0.4 is 5.32 Å². The van der Waals surface area contributed by atoms with Crippen LogP contribution in [0.5, 0.6) is 5.75 Å². The van der Waals surface area contributed by atoms with Crippen LogP contribution in [0.1, 0.15) is 28.1 Å². The molecule has 1 aromatic heterocycles. The number of hydrogen-bond acceptors (Lipinski definition) is 5. The Morgan fingerprint density at radius 3 is 2.91 bits per heavy atom. The maximum absolute atomic E-state index is 12.2. The van der Waals surface area contributed by atoms with Crippen molar-refractivity contribution in [3.8, 4) is 5.75 Å². The van der Waals surface area contributed by atoms with Gasteiger partial charge in [-0.15, -0.1) is 0 Å². The molecule has 23 heavy (non-hydrogen) atoms. The monoisotopic (exact) mass is 316 g/mol. The van der Waals surface area contributed by atoms with E-state index >= 15 is 0 Å². The second-order valence-corrected chi connectivity index (χ2v) is 6.09. The number of carbonyl (C=O) groups is 1. The topological polar surface area (TPSA) is 74.9 Å². The van der Waals surface area contributed by atoms with Gasteiger partial charge in [-0.1, -0.05) is 0 Å². The minimum absolute atomic E-state index is 0.162. The molecule has 1 aromatic carbocycles. The molecule has 2 aromatic rings. The Labute approximate surface area is 134 Å². The first-order chi connectivity index (χ1) is 11.2. The number of furan rings is 1. The molecule has 6 nitrogen and oxygen atoms in total. The van der Waals surface area contributed by atoms with Crippen molar-refractivity contribution in [1.82, 2.24) is 10.2 Å². The zero-order valence-corrected chi connectivity index (χ0v) is 12.9. The molecule has 0 unspecified atom stereocenters. The molecule has 3 heterocycles. The van der Waals surface area contributed by atoms with E-state index in [-0.39, 0.29) is 11.7 Å². The summed E-state index contributed by atoms with van der Waals surface area (Å²) in [5.74, 6) is 0.495. The predicted octanol–water partition coefficient (Wildman–Crippen LogP) is 1.65. The predicted molar refractivity (Wildman–Crippen MR) is 84.6 cm³/mol. The van der Waals surface area contributed by atoms with E-state index in [9.17, 15) is 9.90 Å². The maximum Gasteiger partial charge on any atom is 0.287 e. The Morgan fingerprint density at radius 2 is 2.09 bits per heavy atom. The Kier molecular flexibility index (Phi) is 3.71. The van der Waals surface area contributed by atoms with Gasteiger partial charge in [0, 0.05) is 42.7 Å². The number of rotatable bonds is 2. The highest BCUT2D eigenvalue weighted by molar-refractivity contribution is 6.01. The average Bonchev–Trinajstić information content (AvgIpc) is 2.84. The van der Waals surface area contributed by atoms with Gasteiger partial charge in [-0.25, -0.2) is 0 Å². The molecule has 4 rings (SSSR count). The number of fused-ring (bicyclic) bond motifs is 3. The fourth-order valence-corrected chi connectivity index (χ4v) is 3.43. The number of hydrogen-bond donors (Lipinski definition) is 2. The van der Waals surface area contributed by atoms with Gasteiger partial charge in [0.1, 0.15) is 11.3 Å². The highest BCUT2D eigenvalue weighted by Crippen LogP contribution is 2.36. The Bertz CT molecular complexity index is 747. The van der Waals surface area contributed by atoms with Gasteiger partial charge in [-0.3, -0.25) is 9.69 Å². The molecule has 0 aliphatic carbocycles. The Balaban J connectivity index is 1.82. The standard InChI is InChI=1S/C17H20N2O4/c20-13-3-4-14-15(12(13)10-19-6-8-22-9-7-19)11-2-1-5-18-17(21)16(11)23-14/h3-4,20H,1-2,5-10H2,(H,18,21). The smallest absolute Gasteiger partial charge is 0.287 e. The molecule has 0 atom stereocenters. The van der Waals surface area contributed by atoms with Gasteiger partial charge >= 0.3 is 0 Å². The van der Waals surface area contributed by atoms with E-state index in [1.54, 1.807) is 12.1 Å². The summed E-state index contributed by atoms with van der Waals surface area (Å²) in [4.78, 5) is 14.4. The van der Waals surface area contributed by atoms with Gasteiger partial charge in [-0.2, -0.15) is 0 Å². The van der Waals surface area contributed by atoms with Crippen LogP contribution in [0.4, 0.5) is 0 Å². The lowest BCUT2D eigenvalue weighted by Gasteiger charge is -2.27. The van der Waals surface area contributed by atoms with E-state index in [2.05, 4.69) is 10.2 Å². The molecule has 2 N–H and O–H groups in total. The van der Waals surface area contributed by atoms with Crippen LogP contribution in [-0.4, -0.2) is 48.8 Å². The number of phenols is 1. The first kappa shape index (κ1) is 14.5. The van der Waals surface area contributed by atoms with Gasteiger partial charge < -0.3 is 19.6 Å². The van der Waals surface area contributed by atoms with Crippen LogP contribution >= 0.6 is 0 Å². The molecule has 1 fully saturated rings. The third-order valence-corrected chi connectivity index (χ3v) is 4.62. The van der Waals surface area contributed by atoms with Crippen LogP contribution in [0.3, 0.4) is 0 Å². The van der Waals surface area contributed by atoms with Crippen molar-refractivity contribution in [3.63, 3.8) is 0 Å². The van der Waals surface area contributed by atoms with E-state index in [0.29, 0.717) is 37.6 Å². The van der Waals surface area contributed by atoms with Crippen LogP contribution in [0.2, 0.25) is 0 Å². The molecule has 2 aliphatic rings. The Hall–Kier alpha value is -2.05. The van der Waals surface area contributed by atoms with Crippen molar-refractivity contribution in [2.24, 2.45) is 0 Å². The van der Waals surface area contributed by atoms with Crippen molar-refractivity contribution in [1.29, 1.82) is 0 Å². The molecule has 1 amide bonds. The van der Waals surface area contributed by atoms with Crippen molar-refractivity contribution < 1.29 is 19.1 Å². The third-order valence-electron chi connectivity index (χ3n) is 4.62. The molecule has 6 heteroatoms. The number of ether oxygens (including phenoxy) is 1. The van der Waals surface area contributed by atoms with E-state index < -0.39 is 0 Å². The molecule has 0 saturated carbocycles. The number of carbonyl (C=O) groups excluding carboxylic acids is 1. The molecule has 1 saturated heterocycles. The van der Waals surface area contributed by atoms with Crippen LogP contribution in [0.15, 0.2) is 16.5 Å². The molecule has 2 aliphatic heterocycles. The molecule has 0 bridgehead atoms. The highest BCUT2D eigenvalue weighted by Gasteiger charge is 2.26. The van der Waals surface area contributed by atoms with Crippen LogP contribution in [-0.2, 0) is 17.7 Å². The second kappa shape index (κ2) is 5.86. The van der Waals surface area contributed by atoms with Gasteiger partial charge in [0.05, 0.1) is 13.2 Å². The SMILES string of the molecule is O=C1NCCCc2c1oc1ccc(O)c(CN3CCOCC3)c21. The lowest BCUT2D eigenvalue weighted by Crippen LogP contribution is -2.35. The fourth-order valence-electron chi connectivity index (χ4n) is 3.43. The van der Waals surface area contributed by atoms with Crippen molar-refractivity contribution in [2.45, 2.75) is 19.4 Å². The third kappa shape index (κ3) is 2.58. The number of benzene rings is 1. The first-order valence-corrected chi connectivity index (χ1v) is 8.08. The van der Waals surface area contributed by atoms with E-state index in [4.69, 9.17) is 9.15 Å². The number of aromatic hydroxyl groups is 1. The van der Waals surface area contributed by atoms with Crippen molar-refractivity contribution in [3.05, 3.63) is 29.0 Å². The van der Waals surface area contributed by atoms with Gasteiger partial charge in [0.15, 0.2) is 5.76 Å². The normalized spacial score (nSPS) is 19.4. The highest BCUT2D eigenvalue weighted by atomic mass is 16.5. The summed E-state index contributed by atoms with van der Waals surface area (Å²) in [7, 11) is 0. The van der Waals surface area contributed by atoms with Gasteiger partial charge in [0.25, 0.3) is 5.91 Å². The average molecular weight is 316 g/mol. The maximum atomic E-state index is 12.2. The lowest BCUT2D eigenvalue weighted by atomic mass is 10.00. The molecule has 0 spiro atoms. The minimum atomic E-state index is -0.162. The zero-order valence-electron chi connectivity index (χ0n) is 12.9. The number of nitrogens with one attached hydrogen (secondary N) is 1. The second-order valence-electron chi connectivity index (χ2n) is 6.09. The summed E-state index contributed by atoms with van der Waals surface area (Å²) in [6, 6.07) is 3.40. The number of amides is 1. The van der Waals surface area contributed by atoms with E-state index in [1.807, 2.05) is 0 Å². The van der Waals surface area contributed by atoms with Crippen LogP contribution in [0, 0.1) is 0 Å². The summed E-state index contributed by atoms with van der Waals surface area (Å²) in [5.41, 5.74) is 2.45. The molecular weight excluding hydrogens is 296 g/mol. The molecule has 122 valence electrons. The number of nitrogens with zero attached hydrogens (tertiary/aromatic N) is 1. The fraction of sp³-hybridized carbons (Fsp3) is 0.471. The summed E-state index contributed by atoms with van der Waals surface area (Å²) in [6.07, 6.45) is 1.65. The summed E-state index contributed by atoms with van der Waals surface area (Å²) < 4.78 is 11.2. The van der Waals surface area contributed by atoms with Crippen molar-refractivity contribution >= 4 is 16.9 Å². The Morgan fingerprint density at radius 1 is 1.26 bits per heavy atom. The van der Waals surface area contributed by atoms with E-state index in [1.165, 1.54) is 0 Å². The number of aryl methyl sites for hydroxylation is 1. The van der Waals surface area contributed by atoms with Gasteiger partial charge in [-0.05, 0) is 25.0 Å². The summed E-state index contributed by atoms with van der Waals surface area (Å²) in [6.45, 7) is 4.40. The number of phenolic OH excluding ortho intramolecular Hbond substituents is 1. The first-order valence-electron chi connectivity index (χ1n) is 8.08. The van der Waals surface area contributed by atoms with Crippen molar-refractivity contribution in [2.75, 3.05) is 32.8 Å². The molecule has 0 radical (unpaired) electrons. The summed E-state index contributed by atoms with van der Waals surface area (Å²) >= 11 is 0. The van der Waals surface area contributed by atoms with Gasteiger partial charge in [0.2, 0.25) is 0 Å². The van der Waals surface area contributed by atoms with Crippen LogP contribution in [0.25, 0.3) is 11.0 Å². The summed E-state index contributed by atoms with van der Waals surface area (Å²) in [5, 5.41) is 14.2. The number of morpholine rings is 1. The zero-order chi connectivity index (χ0) is 15.8. The largest absolute Gasteiger partial charge is 0.508 e. The molecular formula is C17H20N2O4. The quantitative estimate of drug-likeness (QED) is 0.881. The minimum Gasteiger partial charge on any atom is -0.508 e. The lowest BCUT2D eigenvalue weighted by molar-refractivity contribution is 0.0341.